The fourth-order valence-corrected chi connectivity index (χ4v) is 5.33. The van der Waals surface area contributed by atoms with Crippen molar-refractivity contribution < 1.29 is 0 Å². The molecule has 1 nitrogen and oxygen atoms in total. The molecule has 0 spiro atoms. The second kappa shape index (κ2) is 7.54. The van der Waals surface area contributed by atoms with Crippen LogP contribution in [0.2, 0.25) is 0 Å². The minimum absolute atomic E-state index is 1.17. The lowest BCUT2D eigenvalue weighted by Crippen LogP contribution is -1.89. The summed E-state index contributed by atoms with van der Waals surface area (Å²) in [5, 5.41) is 10.1. The van der Waals surface area contributed by atoms with Crippen molar-refractivity contribution in [1.82, 2.24) is 4.98 Å². The Bertz CT molecular complexity index is 1850. The van der Waals surface area contributed by atoms with Crippen molar-refractivity contribution in [2.75, 3.05) is 0 Å². The molecule has 1 heteroatoms. The molecule has 0 atom stereocenters. The van der Waals surface area contributed by atoms with Crippen LogP contribution in [0.5, 0.6) is 0 Å². The average molecular weight is 432 g/mol. The molecule has 1 heterocycles. The smallest absolute Gasteiger partial charge is 0.0352 e. The van der Waals surface area contributed by atoms with Crippen LogP contribution in [0.4, 0.5) is 0 Å². The van der Waals surface area contributed by atoms with Crippen LogP contribution in [0.15, 0.2) is 128 Å². The van der Waals surface area contributed by atoms with E-state index < -0.39 is 0 Å². The predicted octanol–water partition coefficient (Wildman–Crippen LogP) is 9.03. The topological polar surface area (TPSA) is 12.9 Å². The molecule has 1 aromatic heterocycles. The molecule has 7 aromatic rings. The molecule has 158 valence electrons. The van der Waals surface area contributed by atoms with Gasteiger partial charge in [0.15, 0.2) is 0 Å². The zero-order chi connectivity index (χ0) is 22.5. The number of pyridine rings is 1. The average Bonchev–Trinajstić information content (AvgIpc) is 2.92. The summed E-state index contributed by atoms with van der Waals surface area (Å²) in [6, 6.07) is 41.7. The Morgan fingerprint density at radius 2 is 1.12 bits per heavy atom. The lowest BCUT2D eigenvalue weighted by Gasteiger charge is -2.15. The van der Waals surface area contributed by atoms with Crippen molar-refractivity contribution in [3.63, 3.8) is 0 Å². The first-order valence-corrected chi connectivity index (χ1v) is 11.6. The monoisotopic (exact) mass is 431 g/mol. The fraction of sp³-hybridized carbons (Fsp3) is 0. The van der Waals surface area contributed by atoms with Gasteiger partial charge < -0.3 is 0 Å². The van der Waals surface area contributed by atoms with Gasteiger partial charge in [-0.2, -0.15) is 0 Å². The largest absolute Gasteiger partial charge is 0.264 e. The molecule has 0 saturated carbocycles. The van der Waals surface area contributed by atoms with E-state index in [9.17, 15) is 0 Å². The Kier molecular flexibility index (Phi) is 4.22. The van der Waals surface area contributed by atoms with Crippen molar-refractivity contribution in [3.8, 4) is 22.3 Å². The number of rotatable bonds is 2. The summed E-state index contributed by atoms with van der Waals surface area (Å²) < 4.78 is 0. The van der Waals surface area contributed by atoms with Crippen LogP contribution in [0.1, 0.15) is 0 Å². The van der Waals surface area contributed by atoms with Gasteiger partial charge in [-0.15, -0.1) is 0 Å². The molecular weight excluding hydrogens is 410 g/mol. The first kappa shape index (κ1) is 19.0. The maximum atomic E-state index is 4.42. The van der Waals surface area contributed by atoms with E-state index in [4.69, 9.17) is 0 Å². The molecular formula is C33H21N. The molecule has 0 bridgehead atoms. The molecule has 0 saturated heterocycles. The highest BCUT2D eigenvalue weighted by Gasteiger charge is 2.13. The second-order valence-electron chi connectivity index (χ2n) is 8.84. The Hall–Kier alpha value is -4.49. The fourth-order valence-electron chi connectivity index (χ4n) is 5.33. The first-order valence-electron chi connectivity index (χ1n) is 11.6. The SMILES string of the molecule is c1ccc(-c2cc(-c3cc4ccc5ccccc5c4c4ccccc34)cc3ccncc23)cc1. The maximum Gasteiger partial charge on any atom is 0.0352 e. The summed E-state index contributed by atoms with van der Waals surface area (Å²) in [6.07, 6.45) is 3.86. The molecule has 0 unspecified atom stereocenters. The van der Waals surface area contributed by atoms with Gasteiger partial charge in [0.1, 0.15) is 0 Å². The van der Waals surface area contributed by atoms with Crippen molar-refractivity contribution in [1.29, 1.82) is 0 Å². The van der Waals surface area contributed by atoms with Gasteiger partial charge in [-0.1, -0.05) is 91.0 Å². The van der Waals surface area contributed by atoms with Gasteiger partial charge in [0.25, 0.3) is 0 Å². The van der Waals surface area contributed by atoms with E-state index in [1.54, 1.807) is 0 Å². The molecule has 7 rings (SSSR count). The third-order valence-corrected chi connectivity index (χ3v) is 6.90. The number of aromatic nitrogens is 1. The van der Waals surface area contributed by atoms with E-state index in [2.05, 4.69) is 120 Å². The van der Waals surface area contributed by atoms with E-state index >= 15 is 0 Å². The first-order chi connectivity index (χ1) is 16.9. The molecule has 0 aliphatic carbocycles. The van der Waals surface area contributed by atoms with Gasteiger partial charge in [-0.3, -0.25) is 4.98 Å². The normalized spacial score (nSPS) is 11.5. The highest BCUT2D eigenvalue weighted by atomic mass is 14.6. The predicted molar refractivity (Wildman–Crippen MR) is 145 cm³/mol. The van der Waals surface area contributed by atoms with Crippen LogP contribution in [-0.2, 0) is 0 Å². The van der Waals surface area contributed by atoms with E-state index in [1.165, 1.54) is 65.3 Å². The summed E-state index contributed by atoms with van der Waals surface area (Å²) in [5.74, 6) is 0. The summed E-state index contributed by atoms with van der Waals surface area (Å²) in [5.41, 5.74) is 4.90. The molecule has 0 N–H and O–H groups in total. The second-order valence-corrected chi connectivity index (χ2v) is 8.84. The molecule has 6 aromatic carbocycles. The van der Waals surface area contributed by atoms with Crippen LogP contribution in [-0.4, -0.2) is 4.98 Å². The Morgan fingerprint density at radius 1 is 0.412 bits per heavy atom. The summed E-state index contributed by atoms with van der Waals surface area (Å²) in [6.45, 7) is 0. The molecule has 0 radical (unpaired) electrons. The lowest BCUT2D eigenvalue weighted by molar-refractivity contribution is 1.36. The molecule has 0 fully saturated rings. The third-order valence-electron chi connectivity index (χ3n) is 6.90. The van der Waals surface area contributed by atoms with Crippen molar-refractivity contribution >= 4 is 43.1 Å². The van der Waals surface area contributed by atoms with Crippen LogP contribution in [0, 0.1) is 0 Å². The number of nitrogens with zero attached hydrogens (tertiary/aromatic N) is 1. The minimum Gasteiger partial charge on any atom is -0.264 e. The standard InChI is InChI=1S/C33H21N/c1-2-8-22(9-3-1)30-20-26(18-24-16-17-34-21-32(24)30)31-19-25-15-14-23-10-4-5-11-27(23)33(25)29-13-7-6-12-28(29)31/h1-21H. The van der Waals surface area contributed by atoms with Gasteiger partial charge in [0, 0.05) is 17.8 Å². The number of hydrogen-bond acceptors (Lipinski definition) is 1. The lowest BCUT2D eigenvalue weighted by atomic mass is 9.88. The van der Waals surface area contributed by atoms with Crippen molar-refractivity contribution in [2.24, 2.45) is 0 Å². The highest BCUT2D eigenvalue weighted by molar-refractivity contribution is 6.23. The zero-order valence-corrected chi connectivity index (χ0v) is 18.6. The third kappa shape index (κ3) is 2.91. The van der Waals surface area contributed by atoms with Crippen molar-refractivity contribution in [2.45, 2.75) is 0 Å². The van der Waals surface area contributed by atoms with Gasteiger partial charge in [-0.25, -0.2) is 0 Å². The Morgan fingerprint density at radius 3 is 2.00 bits per heavy atom. The summed E-state index contributed by atoms with van der Waals surface area (Å²) >= 11 is 0. The minimum atomic E-state index is 1.17. The number of hydrogen-bond donors (Lipinski definition) is 0. The Labute approximate surface area is 197 Å². The van der Waals surface area contributed by atoms with E-state index in [0.717, 1.165) is 0 Å². The summed E-state index contributed by atoms with van der Waals surface area (Å²) in [7, 11) is 0. The quantitative estimate of drug-likeness (QED) is 0.249. The van der Waals surface area contributed by atoms with E-state index in [0.29, 0.717) is 0 Å². The Balaban J connectivity index is 1.60. The number of benzene rings is 6. The zero-order valence-electron chi connectivity index (χ0n) is 18.6. The molecule has 0 aliphatic rings. The highest BCUT2D eigenvalue weighted by Crippen LogP contribution is 2.41. The van der Waals surface area contributed by atoms with Crippen LogP contribution < -0.4 is 0 Å². The van der Waals surface area contributed by atoms with Crippen LogP contribution >= 0.6 is 0 Å². The maximum absolute atomic E-state index is 4.42. The van der Waals surface area contributed by atoms with E-state index in [1.807, 2.05) is 12.4 Å². The van der Waals surface area contributed by atoms with E-state index in [-0.39, 0.29) is 0 Å². The molecule has 0 amide bonds. The number of fused-ring (bicyclic) bond motifs is 6. The van der Waals surface area contributed by atoms with Gasteiger partial charge in [0.2, 0.25) is 0 Å². The van der Waals surface area contributed by atoms with Crippen LogP contribution in [0.25, 0.3) is 65.3 Å². The van der Waals surface area contributed by atoms with Crippen molar-refractivity contribution in [3.05, 3.63) is 128 Å². The van der Waals surface area contributed by atoms with Gasteiger partial charge >= 0.3 is 0 Å². The molecule has 34 heavy (non-hydrogen) atoms. The van der Waals surface area contributed by atoms with Gasteiger partial charge in [-0.05, 0) is 84.2 Å². The van der Waals surface area contributed by atoms with Crippen LogP contribution in [0.3, 0.4) is 0 Å². The molecule has 0 aliphatic heterocycles. The summed E-state index contributed by atoms with van der Waals surface area (Å²) in [4.78, 5) is 4.42. The van der Waals surface area contributed by atoms with Gasteiger partial charge in [0.05, 0.1) is 0 Å².